The second-order valence-corrected chi connectivity index (χ2v) is 4.24. The second-order valence-electron chi connectivity index (χ2n) is 2.56. The van der Waals surface area contributed by atoms with E-state index in [1.54, 1.807) is 12.1 Å². The molecular weight excluding hydrogens is 211 g/mol. The van der Waals surface area contributed by atoms with Crippen LogP contribution < -0.4 is 0 Å². The van der Waals surface area contributed by atoms with Gasteiger partial charge in [0.15, 0.2) is 12.1 Å². The summed E-state index contributed by atoms with van der Waals surface area (Å²) in [6, 6.07) is 4.82. The Kier molecular flexibility index (Phi) is 2.06. The molecule has 0 N–H and O–H groups in total. The maximum absolute atomic E-state index is 13.4. The fourth-order valence-corrected chi connectivity index (χ4v) is 2.33. The van der Waals surface area contributed by atoms with Crippen molar-refractivity contribution in [3.8, 4) is 0 Å². The van der Waals surface area contributed by atoms with E-state index < -0.39 is 5.82 Å². The van der Waals surface area contributed by atoms with Gasteiger partial charge in [0.1, 0.15) is 0 Å². The Hall–Kier alpha value is -0.930. The molecule has 0 bridgehead atoms. The van der Waals surface area contributed by atoms with Gasteiger partial charge in [-0.15, -0.1) is 11.3 Å². The zero-order valence-electron chi connectivity index (χ0n) is 6.38. The molecule has 0 unspecified atom stereocenters. The highest BCUT2D eigenvalue weighted by Crippen LogP contribution is 2.32. The molecule has 1 heterocycles. The zero-order valence-corrected chi connectivity index (χ0v) is 7.95. The minimum absolute atomic E-state index is 0.0750. The Labute approximate surface area is 82.7 Å². The molecule has 4 heteroatoms. The lowest BCUT2D eigenvalue weighted by Gasteiger charge is -1.94. The first kappa shape index (κ1) is 8.66. The van der Waals surface area contributed by atoms with Gasteiger partial charge in [-0.3, -0.25) is 4.79 Å². The number of carbonyl (C=O) groups is 1. The van der Waals surface area contributed by atoms with Gasteiger partial charge in [0.2, 0.25) is 0 Å². The van der Waals surface area contributed by atoms with Crippen LogP contribution in [0.25, 0.3) is 10.1 Å². The summed E-state index contributed by atoms with van der Waals surface area (Å²) >= 11 is 6.85. The summed E-state index contributed by atoms with van der Waals surface area (Å²) in [5, 5.41) is 0.734. The third kappa shape index (κ3) is 1.34. The quantitative estimate of drug-likeness (QED) is 0.664. The van der Waals surface area contributed by atoms with Gasteiger partial charge >= 0.3 is 0 Å². The summed E-state index contributed by atoms with van der Waals surface area (Å²) in [6.07, 6.45) is 0.502. The monoisotopic (exact) mass is 214 g/mol. The molecule has 0 amide bonds. The molecule has 0 saturated carbocycles. The maximum atomic E-state index is 13.4. The summed E-state index contributed by atoms with van der Waals surface area (Å²) in [4.78, 5) is 10.4. The van der Waals surface area contributed by atoms with Gasteiger partial charge in [0, 0.05) is 0 Å². The molecule has 0 atom stereocenters. The number of rotatable bonds is 1. The number of hydrogen-bond acceptors (Lipinski definition) is 2. The summed E-state index contributed by atoms with van der Waals surface area (Å²) in [7, 11) is 0. The van der Waals surface area contributed by atoms with Crippen LogP contribution in [0.5, 0.6) is 0 Å². The topological polar surface area (TPSA) is 17.1 Å². The van der Waals surface area contributed by atoms with E-state index in [1.807, 2.05) is 0 Å². The molecule has 1 aromatic heterocycles. The van der Waals surface area contributed by atoms with Crippen molar-refractivity contribution in [2.45, 2.75) is 0 Å². The largest absolute Gasteiger partial charge is 0.298 e. The van der Waals surface area contributed by atoms with Crippen LogP contribution in [0.3, 0.4) is 0 Å². The Balaban J connectivity index is 2.85. The zero-order chi connectivity index (χ0) is 9.42. The third-order valence-electron chi connectivity index (χ3n) is 1.75. The number of benzene rings is 1. The average molecular weight is 215 g/mol. The third-order valence-corrected chi connectivity index (χ3v) is 3.03. The van der Waals surface area contributed by atoms with Crippen LogP contribution in [0.2, 0.25) is 4.34 Å². The van der Waals surface area contributed by atoms with Crippen LogP contribution in [0.1, 0.15) is 10.4 Å². The standard InChI is InChI=1S/C9H4ClFOS/c10-7-3-5-1-2-6(4-12)8(11)9(5)13-7/h1-4H. The number of fused-ring (bicyclic) bond motifs is 1. The number of halogens is 2. The van der Waals surface area contributed by atoms with Crippen molar-refractivity contribution in [2.24, 2.45) is 0 Å². The Morgan fingerprint density at radius 2 is 2.23 bits per heavy atom. The van der Waals surface area contributed by atoms with Gasteiger partial charge in [0.05, 0.1) is 14.6 Å². The molecular formula is C9H4ClFOS. The molecule has 0 fully saturated rings. The molecule has 2 rings (SSSR count). The molecule has 0 aliphatic rings. The summed E-state index contributed by atoms with van der Waals surface area (Å²) < 4.78 is 14.4. The van der Waals surface area contributed by atoms with Crippen LogP contribution in [0, 0.1) is 5.82 Å². The highest BCUT2D eigenvalue weighted by molar-refractivity contribution is 7.22. The number of aldehydes is 1. The van der Waals surface area contributed by atoms with Crippen molar-refractivity contribution in [3.63, 3.8) is 0 Å². The lowest BCUT2D eigenvalue weighted by atomic mass is 10.2. The Morgan fingerprint density at radius 3 is 2.92 bits per heavy atom. The molecule has 0 spiro atoms. The smallest absolute Gasteiger partial charge is 0.153 e. The van der Waals surface area contributed by atoms with Crippen molar-refractivity contribution in [1.29, 1.82) is 0 Å². The van der Waals surface area contributed by atoms with Gasteiger partial charge in [-0.05, 0) is 17.5 Å². The predicted octanol–water partition coefficient (Wildman–Crippen LogP) is 3.51. The normalized spacial score (nSPS) is 10.6. The Bertz CT molecular complexity index is 478. The second kappa shape index (κ2) is 3.09. The van der Waals surface area contributed by atoms with Crippen molar-refractivity contribution in [2.75, 3.05) is 0 Å². The van der Waals surface area contributed by atoms with Crippen molar-refractivity contribution >= 4 is 39.3 Å². The van der Waals surface area contributed by atoms with Crippen LogP contribution in [-0.2, 0) is 0 Å². The highest BCUT2D eigenvalue weighted by atomic mass is 35.5. The van der Waals surface area contributed by atoms with Crippen molar-refractivity contribution in [3.05, 3.63) is 33.9 Å². The Morgan fingerprint density at radius 1 is 1.46 bits per heavy atom. The van der Waals surface area contributed by atoms with E-state index in [0.29, 0.717) is 15.3 Å². The highest BCUT2D eigenvalue weighted by Gasteiger charge is 2.09. The van der Waals surface area contributed by atoms with E-state index >= 15 is 0 Å². The SMILES string of the molecule is O=Cc1ccc2cc(Cl)sc2c1F. The fraction of sp³-hybridized carbons (Fsp3) is 0. The van der Waals surface area contributed by atoms with E-state index in [0.717, 1.165) is 16.7 Å². The first-order valence-corrected chi connectivity index (χ1v) is 4.74. The first-order valence-electron chi connectivity index (χ1n) is 3.55. The predicted molar refractivity (Wildman–Crippen MR) is 52.2 cm³/mol. The van der Waals surface area contributed by atoms with Crippen LogP contribution in [0.15, 0.2) is 18.2 Å². The minimum Gasteiger partial charge on any atom is -0.298 e. The van der Waals surface area contributed by atoms with E-state index in [9.17, 15) is 9.18 Å². The average Bonchev–Trinajstić information content (AvgIpc) is 2.47. The fourth-order valence-electron chi connectivity index (χ4n) is 1.14. The van der Waals surface area contributed by atoms with Crippen molar-refractivity contribution < 1.29 is 9.18 Å². The van der Waals surface area contributed by atoms with Crippen LogP contribution >= 0.6 is 22.9 Å². The number of hydrogen-bond donors (Lipinski definition) is 0. The van der Waals surface area contributed by atoms with Crippen LogP contribution in [0.4, 0.5) is 4.39 Å². The number of thiophene rings is 1. The summed E-state index contributed by atoms with van der Waals surface area (Å²) in [5.41, 5.74) is 0.0750. The summed E-state index contributed by atoms with van der Waals surface area (Å²) in [5.74, 6) is -0.482. The molecule has 0 radical (unpaired) electrons. The maximum Gasteiger partial charge on any atom is 0.153 e. The lowest BCUT2D eigenvalue weighted by Crippen LogP contribution is -1.85. The van der Waals surface area contributed by atoms with Gasteiger partial charge in [0.25, 0.3) is 0 Å². The lowest BCUT2D eigenvalue weighted by molar-refractivity contribution is 0.112. The van der Waals surface area contributed by atoms with Crippen LogP contribution in [-0.4, -0.2) is 6.29 Å². The molecule has 1 aromatic carbocycles. The molecule has 0 aliphatic heterocycles. The molecule has 0 saturated heterocycles. The molecule has 1 nitrogen and oxygen atoms in total. The van der Waals surface area contributed by atoms with E-state index in [2.05, 4.69) is 0 Å². The van der Waals surface area contributed by atoms with Crippen molar-refractivity contribution in [1.82, 2.24) is 0 Å². The number of carbonyl (C=O) groups excluding carboxylic acids is 1. The molecule has 2 aromatic rings. The van der Waals surface area contributed by atoms with Gasteiger partial charge in [-0.2, -0.15) is 0 Å². The van der Waals surface area contributed by atoms with Gasteiger partial charge in [-0.25, -0.2) is 4.39 Å². The van der Waals surface area contributed by atoms with E-state index in [4.69, 9.17) is 11.6 Å². The molecule has 66 valence electrons. The van der Waals surface area contributed by atoms with E-state index in [1.165, 1.54) is 6.07 Å². The minimum atomic E-state index is -0.482. The summed E-state index contributed by atoms with van der Waals surface area (Å²) in [6.45, 7) is 0. The first-order chi connectivity index (χ1) is 6.22. The van der Waals surface area contributed by atoms with Gasteiger partial charge < -0.3 is 0 Å². The van der Waals surface area contributed by atoms with Gasteiger partial charge in [-0.1, -0.05) is 17.7 Å². The molecule has 13 heavy (non-hydrogen) atoms. The molecule has 0 aliphatic carbocycles. The van der Waals surface area contributed by atoms with E-state index in [-0.39, 0.29) is 5.56 Å².